The lowest BCUT2D eigenvalue weighted by molar-refractivity contribution is -0.132. The van der Waals surface area contributed by atoms with Crippen LogP contribution in [0.5, 0.6) is 0 Å². The molecule has 2 heterocycles. The van der Waals surface area contributed by atoms with Crippen LogP contribution in [0.15, 0.2) is 17.5 Å². The quantitative estimate of drug-likeness (QED) is 0.763. The van der Waals surface area contributed by atoms with Crippen molar-refractivity contribution in [2.45, 2.75) is 25.4 Å². The second kappa shape index (κ2) is 6.71. The van der Waals surface area contributed by atoms with Crippen LogP contribution in [0.25, 0.3) is 0 Å². The molecule has 110 valence electrons. The van der Waals surface area contributed by atoms with Gasteiger partial charge in [0.25, 0.3) is 0 Å². The molecule has 1 aliphatic rings. The number of thiophene rings is 1. The molecular weight excluding hydrogens is 276 g/mol. The third kappa shape index (κ3) is 3.94. The zero-order valence-electron chi connectivity index (χ0n) is 11.5. The third-order valence-corrected chi connectivity index (χ3v) is 4.29. The summed E-state index contributed by atoms with van der Waals surface area (Å²) in [6.45, 7) is 4.27. The predicted octanol–water partition coefficient (Wildman–Crippen LogP) is 0.668. The summed E-state index contributed by atoms with van der Waals surface area (Å²) in [5, 5.41) is 7.87. The average molecular weight is 296 g/mol. The summed E-state index contributed by atoms with van der Waals surface area (Å²) in [6, 6.07) is 3.15. The van der Waals surface area contributed by atoms with Gasteiger partial charge in [-0.15, -0.1) is 11.3 Å². The molecule has 6 nitrogen and oxygen atoms in total. The van der Waals surface area contributed by atoms with E-state index in [1.807, 2.05) is 22.4 Å². The standard InChI is InChI=1S/C13H20N4O2S/c1-9-8-17(5-4-15-9)12(18)7-10(16-13(14)19)11-3-2-6-20-11/h2-3,6,9-10,15H,4-5,7-8H2,1H3,(H3,14,16,19). The molecule has 0 aliphatic carbocycles. The zero-order chi connectivity index (χ0) is 14.5. The lowest BCUT2D eigenvalue weighted by Gasteiger charge is -2.32. The van der Waals surface area contributed by atoms with Gasteiger partial charge in [-0.3, -0.25) is 4.79 Å². The van der Waals surface area contributed by atoms with Gasteiger partial charge in [0.1, 0.15) is 0 Å². The SMILES string of the molecule is CC1CN(C(=O)CC(NC(N)=O)c2cccs2)CCN1. The van der Waals surface area contributed by atoms with Crippen LogP contribution in [0, 0.1) is 0 Å². The maximum Gasteiger partial charge on any atom is 0.312 e. The molecule has 1 saturated heterocycles. The molecule has 1 aliphatic heterocycles. The van der Waals surface area contributed by atoms with Gasteiger partial charge in [0, 0.05) is 30.6 Å². The van der Waals surface area contributed by atoms with Crippen LogP contribution < -0.4 is 16.4 Å². The highest BCUT2D eigenvalue weighted by Crippen LogP contribution is 2.23. The van der Waals surface area contributed by atoms with Crippen molar-refractivity contribution in [3.63, 3.8) is 0 Å². The van der Waals surface area contributed by atoms with E-state index in [1.54, 1.807) is 0 Å². The van der Waals surface area contributed by atoms with E-state index in [4.69, 9.17) is 5.73 Å². The highest BCUT2D eigenvalue weighted by molar-refractivity contribution is 7.10. The van der Waals surface area contributed by atoms with Crippen LogP contribution in [-0.2, 0) is 4.79 Å². The van der Waals surface area contributed by atoms with E-state index in [9.17, 15) is 9.59 Å². The maximum atomic E-state index is 12.3. The van der Waals surface area contributed by atoms with Gasteiger partial charge >= 0.3 is 6.03 Å². The first-order chi connectivity index (χ1) is 9.56. The molecule has 0 aromatic carbocycles. The molecule has 0 saturated carbocycles. The topological polar surface area (TPSA) is 87.5 Å². The number of nitrogens with two attached hydrogens (primary N) is 1. The van der Waals surface area contributed by atoms with Gasteiger partial charge in [-0.05, 0) is 18.4 Å². The summed E-state index contributed by atoms with van der Waals surface area (Å²) in [5.41, 5.74) is 5.20. The van der Waals surface area contributed by atoms with Gasteiger partial charge in [-0.1, -0.05) is 6.07 Å². The average Bonchev–Trinajstić information content (AvgIpc) is 2.91. The van der Waals surface area contributed by atoms with Gasteiger partial charge in [-0.2, -0.15) is 0 Å². The monoisotopic (exact) mass is 296 g/mol. The molecule has 20 heavy (non-hydrogen) atoms. The molecule has 1 aromatic rings. The Kier molecular flexibility index (Phi) is 4.97. The fourth-order valence-electron chi connectivity index (χ4n) is 2.35. The summed E-state index contributed by atoms with van der Waals surface area (Å²) in [4.78, 5) is 26.2. The number of piperazine rings is 1. The van der Waals surface area contributed by atoms with E-state index in [0.717, 1.165) is 11.4 Å². The zero-order valence-corrected chi connectivity index (χ0v) is 12.3. The van der Waals surface area contributed by atoms with Crippen molar-refractivity contribution in [3.05, 3.63) is 22.4 Å². The first-order valence-electron chi connectivity index (χ1n) is 6.67. The number of carbonyl (C=O) groups excluding carboxylic acids is 2. The molecule has 2 atom stereocenters. The van der Waals surface area contributed by atoms with Crippen LogP contribution in [0.4, 0.5) is 4.79 Å². The van der Waals surface area contributed by atoms with E-state index >= 15 is 0 Å². The first-order valence-corrected chi connectivity index (χ1v) is 7.54. The molecule has 2 rings (SSSR count). The first kappa shape index (κ1) is 14.8. The second-order valence-electron chi connectivity index (χ2n) is 4.98. The van der Waals surface area contributed by atoms with Gasteiger partial charge in [0.2, 0.25) is 5.91 Å². The van der Waals surface area contributed by atoms with E-state index in [1.165, 1.54) is 11.3 Å². The van der Waals surface area contributed by atoms with Crippen molar-refractivity contribution in [2.24, 2.45) is 5.73 Å². The smallest absolute Gasteiger partial charge is 0.312 e. The maximum absolute atomic E-state index is 12.3. The number of hydrogen-bond donors (Lipinski definition) is 3. The number of hydrogen-bond acceptors (Lipinski definition) is 4. The van der Waals surface area contributed by atoms with Crippen molar-refractivity contribution < 1.29 is 9.59 Å². The Bertz CT molecular complexity index is 463. The van der Waals surface area contributed by atoms with Crippen LogP contribution in [-0.4, -0.2) is 42.5 Å². The number of nitrogens with zero attached hydrogens (tertiary/aromatic N) is 1. The molecule has 0 bridgehead atoms. The molecule has 7 heteroatoms. The number of nitrogens with one attached hydrogen (secondary N) is 2. The largest absolute Gasteiger partial charge is 0.352 e. The van der Waals surface area contributed by atoms with Gasteiger partial charge < -0.3 is 21.3 Å². The van der Waals surface area contributed by atoms with E-state index in [2.05, 4.69) is 17.6 Å². The Balaban J connectivity index is 2.00. The summed E-state index contributed by atoms with van der Waals surface area (Å²) in [5.74, 6) is 0.0468. The third-order valence-electron chi connectivity index (χ3n) is 3.30. The molecule has 1 fully saturated rings. The minimum absolute atomic E-state index is 0.0468. The fourth-order valence-corrected chi connectivity index (χ4v) is 3.12. The molecular formula is C13H20N4O2S. The van der Waals surface area contributed by atoms with Gasteiger partial charge in [0.15, 0.2) is 0 Å². The number of rotatable bonds is 4. The van der Waals surface area contributed by atoms with Gasteiger partial charge in [0.05, 0.1) is 12.5 Å². The Morgan fingerprint density at radius 2 is 2.45 bits per heavy atom. The molecule has 3 amide bonds. The minimum Gasteiger partial charge on any atom is -0.352 e. The highest BCUT2D eigenvalue weighted by Gasteiger charge is 2.25. The molecule has 0 spiro atoms. The lowest BCUT2D eigenvalue weighted by Crippen LogP contribution is -2.52. The van der Waals surface area contributed by atoms with E-state index < -0.39 is 6.03 Å². The summed E-state index contributed by atoms with van der Waals surface area (Å²) in [6.07, 6.45) is 0.246. The lowest BCUT2D eigenvalue weighted by atomic mass is 10.1. The van der Waals surface area contributed by atoms with Crippen LogP contribution in [0.1, 0.15) is 24.3 Å². The summed E-state index contributed by atoms with van der Waals surface area (Å²) >= 11 is 1.51. The predicted molar refractivity (Wildman–Crippen MR) is 78.4 cm³/mol. The molecule has 4 N–H and O–H groups in total. The van der Waals surface area contributed by atoms with E-state index in [0.29, 0.717) is 19.1 Å². The van der Waals surface area contributed by atoms with Crippen molar-refractivity contribution in [1.29, 1.82) is 0 Å². The number of primary amides is 1. The number of carbonyl (C=O) groups is 2. The normalized spacial score (nSPS) is 20.4. The number of urea groups is 1. The van der Waals surface area contributed by atoms with Gasteiger partial charge in [-0.25, -0.2) is 4.79 Å². The van der Waals surface area contributed by atoms with Crippen LogP contribution >= 0.6 is 11.3 Å². The Labute approximate surface area is 122 Å². The fraction of sp³-hybridized carbons (Fsp3) is 0.538. The minimum atomic E-state index is -0.607. The van der Waals surface area contributed by atoms with Crippen LogP contribution in [0.3, 0.4) is 0 Å². The van der Waals surface area contributed by atoms with Crippen molar-refractivity contribution in [1.82, 2.24) is 15.5 Å². The van der Waals surface area contributed by atoms with E-state index in [-0.39, 0.29) is 18.4 Å². The Morgan fingerprint density at radius 1 is 1.65 bits per heavy atom. The van der Waals surface area contributed by atoms with Crippen molar-refractivity contribution >= 4 is 23.3 Å². The Hall–Kier alpha value is -1.60. The molecule has 2 unspecified atom stereocenters. The van der Waals surface area contributed by atoms with Crippen molar-refractivity contribution in [2.75, 3.05) is 19.6 Å². The molecule has 0 radical (unpaired) electrons. The number of amides is 3. The summed E-state index contributed by atoms with van der Waals surface area (Å²) in [7, 11) is 0. The van der Waals surface area contributed by atoms with Crippen molar-refractivity contribution in [3.8, 4) is 0 Å². The Morgan fingerprint density at radius 3 is 3.05 bits per heavy atom. The summed E-state index contributed by atoms with van der Waals surface area (Å²) < 4.78 is 0. The second-order valence-corrected chi connectivity index (χ2v) is 5.95. The molecule has 1 aromatic heterocycles. The van der Waals surface area contributed by atoms with Crippen LogP contribution in [0.2, 0.25) is 0 Å². The highest BCUT2D eigenvalue weighted by atomic mass is 32.1.